The summed E-state index contributed by atoms with van der Waals surface area (Å²) in [5, 5.41) is 2.27. The third-order valence-electron chi connectivity index (χ3n) is 3.89. The molecule has 2 aromatic rings. The van der Waals surface area contributed by atoms with Gasteiger partial charge >= 0.3 is 6.55 Å². The first-order valence-electron chi connectivity index (χ1n) is 8.10. The van der Waals surface area contributed by atoms with Gasteiger partial charge in [-0.05, 0) is 18.2 Å². The van der Waals surface area contributed by atoms with Crippen molar-refractivity contribution in [1.29, 1.82) is 0 Å². The molecule has 2 rings (SSSR count). The lowest BCUT2D eigenvalue weighted by atomic mass is 10.2. The number of carbonyl (C=O) groups is 1. The zero-order valence-electron chi connectivity index (χ0n) is 14.7. The summed E-state index contributed by atoms with van der Waals surface area (Å²) in [5.41, 5.74) is -0.501. The maximum absolute atomic E-state index is 14.0. The molecule has 1 amide bonds. The first-order chi connectivity index (χ1) is 12.7. The SMILES string of the molecule is CCN(CC)S(=O)(=O)c1ccc(F)c(C(=O)NCc2nccn2C(F)F)c1. The van der Waals surface area contributed by atoms with E-state index in [9.17, 15) is 26.4 Å². The number of hydrogen-bond donors (Lipinski definition) is 1. The van der Waals surface area contributed by atoms with Crippen LogP contribution in [0.3, 0.4) is 0 Å². The van der Waals surface area contributed by atoms with E-state index in [4.69, 9.17) is 0 Å². The summed E-state index contributed by atoms with van der Waals surface area (Å²) >= 11 is 0. The summed E-state index contributed by atoms with van der Waals surface area (Å²) in [7, 11) is -3.88. The van der Waals surface area contributed by atoms with E-state index in [1.807, 2.05) is 0 Å². The molecule has 1 aromatic carbocycles. The fourth-order valence-corrected chi connectivity index (χ4v) is 3.95. The van der Waals surface area contributed by atoms with E-state index in [0.29, 0.717) is 4.57 Å². The molecular formula is C16H19F3N4O3S. The van der Waals surface area contributed by atoms with E-state index >= 15 is 0 Å². The maximum Gasteiger partial charge on any atom is 0.319 e. The van der Waals surface area contributed by atoms with Crippen molar-refractivity contribution >= 4 is 15.9 Å². The molecule has 0 aliphatic rings. The molecule has 0 bridgehead atoms. The van der Waals surface area contributed by atoms with E-state index in [2.05, 4.69) is 10.3 Å². The number of carbonyl (C=O) groups excluding carboxylic acids is 1. The topological polar surface area (TPSA) is 84.3 Å². The highest BCUT2D eigenvalue weighted by molar-refractivity contribution is 7.89. The van der Waals surface area contributed by atoms with Gasteiger partial charge in [0.25, 0.3) is 5.91 Å². The highest BCUT2D eigenvalue weighted by atomic mass is 32.2. The predicted molar refractivity (Wildman–Crippen MR) is 91.2 cm³/mol. The molecule has 0 saturated carbocycles. The highest BCUT2D eigenvalue weighted by Gasteiger charge is 2.24. The molecule has 7 nitrogen and oxygen atoms in total. The van der Waals surface area contributed by atoms with Gasteiger partial charge in [0, 0.05) is 25.5 Å². The molecule has 1 N–H and O–H groups in total. The molecular weight excluding hydrogens is 385 g/mol. The van der Waals surface area contributed by atoms with E-state index < -0.39 is 33.9 Å². The van der Waals surface area contributed by atoms with Crippen LogP contribution >= 0.6 is 0 Å². The molecule has 0 aliphatic carbocycles. The number of alkyl halides is 2. The second-order valence-corrected chi connectivity index (χ2v) is 7.38. The lowest BCUT2D eigenvalue weighted by Crippen LogP contribution is -2.31. The molecule has 0 saturated heterocycles. The number of imidazole rings is 1. The molecule has 27 heavy (non-hydrogen) atoms. The number of nitrogens with one attached hydrogen (secondary N) is 1. The number of hydrogen-bond acceptors (Lipinski definition) is 4. The van der Waals surface area contributed by atoms with E-state index in [0.717, 1.165) is 30.6 Å². The second kappa shape index (κ2) is 8.53. The van der Waals surface area contributed by atoms with Crippen molar-refractivity contribution in [3.8, 4) is 0 Å². The van der Waals surface area contributed by atoms with Crippen LogP contribution in [0.2, 0.25) is 0 Å². The number of nitrogens with zero attached hydrogens (tertiary/aromatic N) is 3. The highest BCUT2D eigenvalue weighted by Crippen LogP contribution is 2.19. The Morgan fingerprint density at radius 1 is 1.30 bits per heavy atom. The zero-order chi connectivity index (χ0) is 20.2. The summed E-state index contributed by atoms with van der Waals surface area (Å²) in [4.78, 5) is 15.7. The van der Waals surface area contributed by atoms with Gasteiger partial charge in [-0.1, -0.05) is 13.8 Å². The number of amides is 1. The quantitative estimate of drug-likeness (QED) is 0.732. The molecule has 11 heteroatoms. The molecule has 0 fully saturated rings. The van der Waals surface area contributed by atoms with E-state index in [1.165, 1.54) is 4.31 Å². The number of rotatable bonds is 8. The summed E-state index contributed by atoms with van der Waals surface area (Å²) in [6.07, 6.45) is 2.19. The molecule has 1 aromatic heterocycles. The van der Waals surface area contributed by atoms with Crippen LogP contribution in [0.15, 0.2) is 35.5 Å². The van der Waals surface area contributed by atoms with Gasteiger partial charge in [-0.3, -0.25) is 9.36 Å². The van der Waals surface area contributed by atoms with Gasteiger partial charge in [-0.25, -0.2) is 17.8 Å². The Balaban J connectivity index is 2.25. The van der Waals surface area contributed by atoms with Gasteiger partial charge in [-0.2, -0.15) is 13.1 Å². The first kappa shape index (κ1) is 20.9. The Bertz CT molecular complexity index is 911. The third-order valence-corrected chi connectivity index (χ3v) is 5.94. The van der Waals surface area contributed by atoms with E-state index in [1.54, 1.807) is 13.8 Å². The Morgan fingerprint density at radius 2 is 1.96 bits per heavy atom. The first-order valence-corrected chi connectivity index (χ1v) is 9.54. The average molecular weight is 404 g/mol. The minimum atomic E-state index is -3.88. The minimum absolute atomic E-state index is 0.120. The molecule has 0 aliphatic heterocycles. The van der Waals surface area contributed by atoms with Crippen LogP contribution in [0, 0.1) is 5.82 Å². The lowest BCUT2D eigenvalue weighted by molar-refractivity contribution is 0.0660. The Hall–Kier alpha value is -2.40. The third kappa shape index (κ3) is 4.48. The molecule has 0 radical (unpaired) electrons. The van der Waals surface area contributed by atoms with Crippen molar-refractivity contribution in [2.45, 2.75) is 31.8 Å². The summed E-state index contributed by atoms with van der Waals surface area (Å²) in [6, 6.07) is 2.88. The standard InChI is InChI=1S/C16H19F3N4O3S/c1-3-22(4-2)27(25,26)11-5-6-13(17)12(9-11)15(24)21-10-14-20-7-8-23(14)16(18)19/h5-9,16H,3-4,10H2,1-2H3,(H,21,24). The maximum atomic E-state index is 14.0. The number of benzene rings is 1. The number of sulfonamides is 1. The smallest absolute Gasteiger partial charge is 0.319 e. The Kier molecular flexibility index (Phi) is 6.60. The van der Waals surface area contributed by atoms with Crippen molar-refractivity contribution in [3.63, 3.8) is 0 Å². The molecule has 148 valence electrons. The van der Waals surface area contributed by atoms with Crippen molar-refractivity contribution in [2.75, 3.05) is 13.1 Å². The van der Waals surface area contributed by atoms with Crippen LogP contribution < -0.4 is 5.32 Å². The molecule has 0 unspecified atom stereocenters. The normalized spacial score (nSPS) is 12.0. The second-order valence-electron chi connectivity index (χ2n) is 5.44. The van der Waals surface area contributed by atoms with Gasteiger partial charge in [0.15, 0.2) is 0 Å². The van der Waals surface area contributed by atoms with Crippen LogP contribution in [-0.2, 0) is 16.6 Å². The van der Waals surface area contributed by atoms with Crippen molar-refractivity contribution in [2.24, 2.45) is 0 Å². The van der Waals surface area contributed by atoms with Crippen LogP contribution in [0.4, 0.5) is 13.2 Å². The van der Waals surface area contributed by atoms with Crippen molar-refractivity contribution in [1.82, 2.24) is 19.2 Å². The zero-order valence-corrected chi connectivity index (χ0v) is 15.5. The van der Waals surface area contributed by atoms with Crippen LogP contribution in [0.25, 0.3) is 0 Å². The van der Waals surface area contributed by atoms with E-state index in [-0.39, 0.29) is 30.4 Å². The largest absolute Gasteiger partial charge is 0.345 e. The number of halogens is 3. The minimum Gasteiger partial charge on any atom is -0.345 e. The molecule has 0 spiro atoms. The molecule has 0 atom stereocenters. The fraction of sp³-hybridized carbons (Fsp3) is 0.375. The molecule has 1 heterocycles. The average Bonchev–Trinajstić information content (AvgIpc) is 3.09. The summed E-state index contributed by atoms with van der Waals surface area (Å²) < 4.78 is 66.4. The monoisotopic (exact) mass is 404 g/mol. The van der Waals surface area contributed by atoms with Gasteiger partial charge in [0.05, 0.1) is 17.0 Å². The fourth-order valence-electron chi connectivity index (χ4n) is 2.46. The summed E-state index contributed by atoms with van der Waals surface area (Å²) in [5.74, 6) is -1.98. The van der Waals surface area contributed by atoms with Crippen molar-refractivity contribution < 1.29 is 26.4 Å². The van der Waals surface area contributed by atoms with Gasteiger partial charge in [-0.15, -0.1) is 0 Å². The van der Waals surface area contributed by atoms with Gasteiger partial charge < -0.3 is 5.32 Å². The summed E-state index contributed by atoms with van der Waals surface area (Å²) in [6.45, 7) is 0.538. The lowest BCUT2D eigenvalue weighted by Gasteiger charge is -2.19. The number of aromatic nitrogens is 2. The Morgan fingerprint density at radius 3 is 2.56 bits per heavy atom. The van der Waals surface area contributed by atoms with Crippen LogP contribution in [0.1, 0.15) is 36.6 Å². The Labute approximate surface area is 154 Å². The predicted octanol–water partition coefficient (Wildman–Crippen LogP) is 2.38. The van der Waals surface area contributed by atoms with Gasteiger partial charge in [0.1, 0.15) is 11.6 Å². The van der Waals surface area contributed by atoms with Gasteiger partial charge in [0.2, 0.25) is 10.0 Å². The van der Waals surface area contributed by atoms with Crippen LogP contribution in [-0.4, -0.2) is 41.3 Å². The van der Waals surface area contributed by atoms with Crippen molar-refractivity contribution in [3.05, 3.63) is 47.8 Å². The van der Waals surface area contributed by atoms with Crippen LogP contribution in [0.5, 0.6) is 0 Å².